The number of hydrogen-bond donors (Lipinski definition) is 0. The molecule has 0 unspecified atom stereocenters. The van der Waals surface area contributed by atoms with Crippen LogP contribution in [0.15, 0.2) is 6.07 Å². The Balaban J connectivity index is 1.48. The lowest BCUT2D eigenvalue weighted by atomic mass is 9.78. The van der Waals surface area contributed by atoms with E-state index in [1.54, 1.807) is 0 Å². The Morgan fingerprint density at radius 3 is 2.78 bits per heavy atom. The minimum atomic E-state index is 0.177. The van der Waals surface area contributed by atoms with Crippen LogP contribution in [-0.4, -0.2) is 41.0 Å². The highest BCUT2D eigenvalue weighted by Gasteiger charge is 2.36. The number of hydrogen-bond acceptors (Lipinski definition) is 4. The molecular weight excluding hydrogens is 308 g/mol. The lowest BCUT2D eigenvalue weighted by Gasteiger charge is -2.43. The van der Waals surface area contributed by atoms with E-state index < -0.39 is 0 Å². The van der Waals surface area contributed by atoms with Crippen molar-refractivity contribution in [2.45, 2.75) is 63.3 Å². The summed E-state index contributed by atoms with van der Waals surface area (Å²) in [5.41, 5.74) is 0.683. The van der Waals surface area contributed by atoms with E-state index in [9.17, 15) is 4.79 Å². The molecule has 0 N–H and O–H groups in total. The number of carbonyl (C=O) groups excluding carboxylic acids is 1. The molecule has 4 nitrogen and oxygen atoms in total. The van der Waals surface area contributed by atoms with Gasteiger partial charge in [-0.05, 0) is 68.0 Å². The van der Waals surface area contributed by atoms with Crippen LogP contribution in [0, 0.1) is 5.92 Å². The fourth-order valence-corrected chi connectivity index (χ4v) is 5.47. The Bertz CT molecular complexity index is 551. The van der Waals surface area contributed by atoms with E-state index in [1.807, 2.05) is 0 Å². The van der Waals surface area contributed by atoms with Crippen molar-refractivity contribution in [1.29, 1.82) is 0 Å². The predicted octanol–water partition coefficient (Wildman–Crippen LogP) is 3.83. The molecule has 4 rings (SSSR count). The second-order valence-corrected chi connectivity index (χ2v) is 8.09. The summed E-state index contributed by atoms with van der Waals surface area (Å²) in [7, 11) is 0. The van der Waals surface area contributed by atoms with E-state index in [4.69, 9.17) is 4.74 Å². The lowest BCUT2D eigenvalue weighted by molar-refractivity contribution is 0.0386. The molecule has 23 heavy (non-hydrogen) atoms. The molecular formula is C18H26N2O2S. The Morgan fingerprint density at radius 1 is 1.13 bits per heavy atom. The first-order valence-corrected chi connectivity index (χ1v) is 9.95. The van der Waals surface area contributed by atoms with E-state index in [0.717, 1.165) is 44.9 Å². The number of piperidine rings is 1. The van der Waals surface area contributed by atoms with Crippen LogP contribution in [0.1, 0.15) is 72.7 Å². The number of rotatable bonds is 2. The van der Waals surface area contributed by atoms with Gasteiger partial charge < -0.3 is 9.64 Å². The summed E-state index contributed by atoms with van der Waals surface area (Å²) in [6.07, 6.45) is 9.69. The third-order valence-corrected chi connectivity index (χ3v) is 6.83. The van der Waals surface area contributed by atoms with Gasteiger partial charge in [0, 0.05) is 30.7 Å². The van der Waals surface area contributed by atoms with Crippen molar-refractivity contribution >= 4 is 17.4 Å². The molecule has 0 aromatic carbocycles. The van der Waals surface area contributed by atoms with Crippen molar-refractivity contribution in [1.82, 2.24) is 9.27 Å². The van der Waals surface area contributed by atoms with Crippen molar-refractivity contribution < 1.29 is 9.53 Å². The summed E-state index contributed by atoms with van der Waals surface area (Å²) in [5, 5.41) is 0. The van der Waals surface area contributed by atoms with Gasteiger partial charge in [-0.1, -0.05) is 12.8 Å². The Morgan fingerprint density at radius 2 is 1.91 bits per heavy atom. The average molecular weight is 334 g/mol. The maximum absolute atomic E-state index is 13.0. The largest absolute Gasteiger partial charge is 0.381 e. The highest BCUT2D eigenvalue weighted by Crippen LogP contribution is 2.36. The zero-order valence-corrected chi connectivity index (χ0v) is 14.5. The molecule has 1 aliphatic carbocycles. The number of amides is 1. The topological polar surface area (TPSA) is 42.4 Å². The van der Waals surface area contributed by atoms with Crippen LogP contribution < -0.4 is 0 Å². The molecule has 1 aromatic rings. The predicted molar refractivity (Wildman–Crippen MR) is 90.9 cm³/mol. The molecule has 0 bridgehead atoms. The highest BCUT2D eigenvalue weighted by molar-refractivity contribution is 7.06. The van der Waals surface area contributed by atoms with Crippen LogP contribution >= 0.6 is 11.5 Å². The van der Waals surface area contributed by atoms with Gasteiger partial charge in [0.2, 0.25) is 0 Å². The molecule has 3 fully saturated rings. The first-order chi connectivity index (χ1) is 11.3. The normalized spacial score (nSPS) is 29.3. The smallest absolute Gasteiger partial charge is 0.273 e. The highest BCUT2D eigenvalue weighted by atomic mass is 32.1. The van der Waals surface area contributed by atoms with Crippen molar-refractivity contribution in [2.75, 3.05) is 19.8 Å². The molecule has 3 aliphatic rings. The summed E-state index contributed by atoms with van der Waals surface area (Å²) < 4.78 is 9.95. The number of likely N-dealkylation sites (tertiary alicyclic amines) is 1. The number of aromatic nitrogens is 1. The zero-order valence-electron chi connectivity index (χ0n) is 13.7. The van der Waals surface area contributed by atoms with Crippen LogP contribution in [0.3, 0.4) is 0 Å². The van der Waals surface area contributed by atoms with Crippen LogP contribution in [0.4, 0.5) is 0 Å². The summed E-state index contributed by atoms with van der Waals surface area (Å²) in [5.74, 6) is 1.44. The van der Waals surface area contributed by atoms with Gasteiger partial charge in [-0.25, -0.2) is 0 Å². The second-order valence-electron chi connectivity index (χ2n) is 7.25. The Labute approximate surface area is 142 Å². The van der Waals surface area contributed by atoms with E-state index in [-0.39, 0.29) is 5.91 Å². The second kappa shape index (κ2) is 6.89. The maximum Gasteiger partial charge on any atom is 0.273 e. The monoisotopic (exact) mass is 334 g/mol. The van der Waals surface area contributed by atoms with Gasteiger partial charge in [0.05, 0.1) is 0 Å². The SMILES string of the molecule is O=C(c1cc(C2CCOCC2)sn1)N1CCC[C@@H]2CCCC[C@@H]21. The third kappa shape index (κ3) is 3.18. The van der Waals surface area contributed by atoms with Gasteiger partial charge in [0.1, 0.15) is 5.69 Å². The van der Waals surface area contributed by atoms with Gasteiger partial charge in [-0.3, -0.25) is 4.79 Å². The van der Waals surface area contributed by atoms with Gasteiger partial charge in [-0.15, -0.1) is 0 Å². The Kier molecular flexibility index (Phi) is 4.67. The number of ether oxygens (including phenoxy) is 1. The van der Waals surface area contributed by atoms with Crippen LogP contribution in [0.5, 0.6) is 0 Å². The van der Waals surface area contributed by atoms with Gasteiger partial charge in [0.25, 0.3) is 5.91 Å². The van der Waals surface area contributed by atoms with Gasteiger partial charge >= 0.3 is 0 Å². The lowest BCUT2D eigenvalue weighted by Crippen LogP contribution is -2.49. The molecule has 1 saturated carbocycles. The molecule has 3 heterocycles. The maximum atomic E-state index is 13.0. The van der Waals surface area contributed by atoms with Crippen molar-refractivity contribution in [3.63, 3.8) is 0 Å². The molecule has 2 saturated heterocycles. The molecule has 5 heteroatoms. The molecule has 2 aliphatic heterocycles. The van der Waals surface area contributed by atoms with Crippen LogP contribution in [0.25, 0.3) is 0 Å². The summed E-state index contributed by atoms with van der Waals surface area (Å²) in [6, 6.07) is 2.54. The minimum absolute atomic E-state index is 0.177. The number of carbonyl (C=O) groups is 1. The average Bonchev–Trinajstić information content (AvgIpc) is 3.11. The number of nitrogens with zero attached hydrogens (tertiary/aromatic N) is 2. The molecule has 0 radical (unpaired) electrons. The van der Waals surface area contributed by atoms with E-state index in [0.29, 0.717) is 17.7 Å². The standard InChI is InChI=1S/C18H26N2O2S/c21-18(20-9-3-5-13-4-1-2-6-16(13)20)15-12-17(23-19-15)14-7-10-22-11-8-14/h12-14,16H,1-11H2/t13-,16-/m0/s1. The first-order valence-electron chi connectivity index (χ1n) is 9.18. The number of fused-ring (bicyclic) bond motifs is 1. The first kappa shape index (κ1) is 15.6. The van der Waals surface area contributed by atoms with Gasteiger partial charge in [-0.2, -0.15) is 4.37 Å². The Hall–Kier alpha value is -0.940. The molecule has 1 aromatic heterocycles. The van der Waals surface area contributed by atoms with Crippen LogP contribution in [-0.2, 0) is 4.74 Å². The molecule has 1 amide bonds. The summed E-state index contributed by atoms with van der Waals surface area (Å²) in [6.45, 7) is 2.59. The van der Waals surface area contributed by atoms with Crippen LogP contribution in [0.2, 0.25) is 0 Å². The molecule has 126 valence electrons. The van der Waals surface area contributed by atoms with Gasteiger partial charge in [0.15, 0.2) is 0 Å². The van der Waals surface area contributed by atoms with E-state index >= 15 is 0 Å². The summed E-state index contributed by atoms with van der Waals surface area (Å²) in [4.78, 5) is 16.4. The zero-order chi connectivity index (χ0) is 15.6. The van der Waals surface area contributed by atoms with E-state index in [1.165, 1.54) is 48.5 Å². The van der Waals surface area contributed by atoms with Crippen molar-refractivity contribution in [2.24, 2.45) is 5.92 Å². The molecule has 2 atom stereocenters. The van der Waals surface area contributed by atoms with Crippen molar-refractivity contribution in [3.05, 3.63) is 16.6 Å². The quantitative estimate of drug-likeness (QED) is 0.825. The fraction of sp³-hybridized carbons (Fsp3) is 0.778. The minimum Gasteiger partial charge on any atom is -0.381 e. The fourth-order valence-electron chi connectivity index (χ4n) is 4.59. The molecule has 0 spiro atoms. The van der Waals surface area contributed by atoms with Crippen molar-refractivity contribution in [3.8, 4) is 0 Å². The summed E-state index contributed by atoms with van der Waals surface area (Å²) >= 11 is 1.52. The third-order valence-electron chi connectivity index (χ3n) is 5.88. The van der Waals surface area contributed by atoms with E-state index in [2.05, 4.69) is 15.3 Å².